The number of hydrogen-bond donors (Lipinski definition) is 2. The fourth-order valence-electron chi connectivity index (χ4n) is 0.412. The van der Waals surface area contributed by atoms with E-state index in [0.717, 1.165) is 0 Å². The Morgan fingerprint density at radius 3 is 2.45 bits per heavy atom. The van der Waals surface area contributed by atoms with Gasteiger partial charge in [-0.2, -0.15) is 13.2 Å². The van der Waals surface area contributed by atoms with Crippen LogP contribution in [0.15, 0.2) is 4.99 Å². The number of alkyl halides is 3. The van der Waals surface area contributed by atoms with Gasteiger partial charge >= 0.3 is 6.18 Å². The zero-order chi connectivity index (χ0) is 8.91. The van der Waals surface area contributed by atoms with Crippen LogP contribution in [0.5, 0.6) is 0 Å². The van der Waals surface area contributed by atoms with Crippen LogP contribution in [0.3, 0.4) is 0 Å². The number of rotatable bonds is 2. The topological polar surface area (TPSA) is 50.4 Å². The van der Waals surface area contributed by atoms with Gasteiger partial charge in [0.05, 0.1) is 0 Å². The van der Waals surface area contributed by atoms with Gasteiger partial charge in [0.2, 0.25) is 0 Å². The van der Waals surface area contributed by atoms with E-state index in [-0.39, 0.29) is 5.96 Å². The Hall–Kier alpha value is -0.940. The lowest BCUT2D eigenvalue weighted by molar-refractivity contribution is -0.118. The van der Waals surface area contributed by atoms with E-state index in [4.69, 9.17) is 5.73 Å². The fourth-order valence-corrected chi connectivity index (χ4v) is 0.412. The van der Waals surface area contributed by atoms with E-state index in [1.54, 1.807) is 6.92 Å². The van der Waals surface area contributed by atoms with Crippen molar-refractivity contribution in [1.29, 1.82) is 0 Å². The standard InChI is InChI=1S/C5H10F3N3/c1-2-10-4(9)11-3-5(6,7)8/h2-3H2,1H3,(H3,9,10,11). The summed E-state index contributed by atoms with van der Waals surface area (Å²) >= 11 is 0. The van der Waals surface area contributed by atoms with Crippen molar-refractivity contribution in [3.05, 3.63) is 0 Å². The van der Waals surface area contributed by atoms with Crippen molar-refractivity contribution in [2.24, 2.45) is 10.7 Å². The third kappa shape index (κ3) is 6.95. The smallest absolute Gasteiger partial charge is 0.370 e. The summed E-state index contributed by atoms with van der Waals surface area (Å²) in [6.07, 6.45) is -4.28. The highest BCUT2D eigenvalue weighted by molar-refractivity contribution is 5.77. The Kier molecular flexibility index (Phi) is 3.70. The molecule has 0 aliphatic carbocycles. The zero-order valence-corrected chi connectivity index (χ0v) is 6.07. The number of guanidine groups is 1. The molecule has 0 aromatic carbocycles. The number of nitrogens with two attached hydrogens (primary N) is 1. The van der Waals surface area contributed by atoms with Crippen molar-refractivity contribution < 1.29 is 13.2 Å². The third-order valence-corrected chi connectivity index (χ3v) is 0.787. The summed E-state index contributed by atoms with van der Waals surface area (Å²) < 4.78 is 34.4. The lowest BCUT2D eigenvalue weighted by atomic mass is 10.6. The molecule has 0 spiro atoms. The maximum absolute atomic E-state index is 11.5. The Bertz CT molecular complexity index is 140. The summed E-state index contributed by atoms with van der Waals surface area (Å²) in [7, 11) is 0. The van der Waals surface area contributed by atoms with Gasteiger partial charge in [0, 0.05) is 6.54 Å². The van der Waals surface area contributed by atoms with E-state index >= 15 is 0 Å². The highest BCUT2D eigenvalue weighted by Gasteiger charge is 2.26. The molecule has 0 heterocycles. The van der Waals surface area contributed by atoms with Gasteiger partial charge in [-0.3, -0.25) is 0 Å². The number of aliphatic imine (C=N–C) groups is 1. The van der Waals surface area contributed by atoms with Crippen LogP contribution >= 0.6 is 0 Å². The molecular formula is C5H10F3N3. The van der Waals surface area contributed by atoms with Crippen molar-refractivity contribution in [3.8, 4) is 0 Å². The highest BCUT2D eigenvalue weighted by Crippen LogP contribution is 2.13. The van der Waals surface area contributed by atoms with Gasteiger partial charge < -0.3 is 11.1 Å². The average Bonchev–Trinajstić information content (AvgIpc) is 1.83. The number of hydrogen-bond acceptors (Lipinski definition) is 1. The molecule has 0 saturated carbocycles. The van der Waals surface area contributed by atoms with E-state index in [1.807, 2.05) is 0 Å². The number of halogens is 3. The van der Waals surface area contributed by atoms with Crippen LogP contribution < -0.4 is 11.1 Å². The molecule has 0 aliphatic heterocycles. The molecule has 0 aromatic rings. The molecule has 0 aromatic heterocycles. The maximum atomic E-state index is 11.5. The second kappa shape index (κ2) is 4.05. The van der Waals surface area contributed by atoms with Gasteiger partial charge in [-0.05, 0) is 6.92 Å². The predicted octanol–water partition coefficient (Wildman–Crippen LogP) is 0.473. The second-order valence-electron chi connectivity index (χ2n) is 1.85. The number of nitrogens with zero attached hydrogens (tertiary/aromatic N) is 1. The Labute approximate surface area is 62.5 Å². The molecule has 3 nitrogen and oxygen atoms in total. The van der Waals surface area contributed by atoms with E-state index in [1.165, 1.54) is 0 Å². The molecule has 0 radical (unpaired) electrons. The molecule has 0 amide bonds. The van der Waals surface area contributed by atoms with Crippen LogP contribution in [0.1, 0.15) is 6.92 Å². The molecule has 0 aliphatic rings. The predicted molar refractivity (Wildman–Crippen MR) is 36.2 cm³/mol. The Morgan fingerprint density at radius 2 is 2.09 bits per heavy atom. The highest BCUT2D eigenvalue weighted by atomic mass is 19.4. The first-order valence-electron chi connectivity index (χ1n) is 3.06. The van der Waals surface area contributed by atoms with E-state index in [2.05, 4.69) is 10.3 Å². The Morgan fingerprint density at radius 1 is 1.55 bits per heavy atom. The normalized spacial score (nSPS) is 13.3. The average molecular weight is 169 g/mol. The summed E-state index contributed by atoms with van der Waals surface area (Å²) in [5, 5.41) is 2.45. The first-order valence-corrected chi connectivity index (χ1v) is 3.06. The van der Waals surface area contributed by atoms with Crippen LogP contribution in [-0.4, -0.2) is 25.2 Å². The van der Waals surface area contributed by atoms with E-state index in [0.29, 0.717) is 6.54 Å². The quantitative estimate of drug-likeness (QED) is 0.466. The van der Waals surface area contributed by atoms with Crippen LogP contribution in [-0.2, 0) is 0 Å². The lowest BCUT2D eigenvalue weighted by Crippen LogP contribution is -2.32. The summed E-state index contributed by atoms with van der Waals surface area (Å²) in [6, 6.07) is 0. The van der Waals surface area contributed by atoms with Crippen LogP contribution in [0.25, 0.3) is 0 Å². The fraction of sp³-hybridized carbons (Fsp3) is 0.800. The molecule has 6 heteroatoms. The first kappa shape index (κ1) is 10.1. The summed E-state index contributed by atoms with van der Waals surface area (Å²) in [5.41, 5.74) is 5.03. The van der Waals surface area contributed by atoms with Gasteiger partial charge in [0.25, 0.3) is 0 Å². The Balaban J connectivity index is 3.73. The van der Waals surface area contributed by atoms with Crippen LogP contribution in [0.2, 0.25) is 0 Å². The van der Waals surface area contributed by atoms with Crippen molar-refractivity contribution >= 4 is 5.96 Å². The molecular weight excluding hydrogens is 159 g/mol. The lowest BCUT2D eigenvalue weighted by Gasteiger charge is -2.03. The summed E-state index contributed by atoms with van der Waals surface area (Å²) in [6.45, 7) is 0.953. The van der Waals surface area contributed by atoms with Crippen molar-refractivity contribution in [2.75, 3.05) is 13.1 Å². The van der Waals surface area contributed by atoms with Crippen molar-refractivity contribution in [3.63, 3.8) is 0 Å². The number of nitrogens with one attached hydrogen (secondary N) is 1. The molecule has 0 fully saturated rings. The van der Waals surface area contributed by atoms with Crippen molar-refractivity contribution in [2.45, 2.75) is 13.1 Å². The van der Waals surface area contributed by atoms with Gasteiger partial charge in [0.15, 0.2) is 5.96 Å². The molecule has 0 unspecified atom stereocenters. The van der Waals surface area contributed by atoms with Gasteiger partial charge in [-0.1, -0.05) is 0 Å². The molecule has 0 bridgehead atoms. The minimum Gasteiger partial charge on any atom is -0.370 e. The molecule has 0 saturated heterocycles. The largest absolute Gasteiger partial charge is 0.408 e. The van der Waals surface area contributed by atoms with Gasteiger partial charge in [0.1, 0.15) is 6.54 Å². The van der Waals surface area contributed by atoms with Gasteiger partial charge in [-0.25, -0.2) is 4.99 Å². The molecule has 66 valence electrons. The SMILES string of the molecule is CCNC(N)=NCC(F)(F)F. The second-order valence-corrected chi connectivity index (χ2v) is 1.85. The minimum absolute atomic E-state index is 0.176. The molecule has 0 atom stereocenters. The van der Waals surface area contributed by atoms with Gasteiger partial charge in [-0.15, -0.1) is 0 Å². The third-order valence-electron chi connectivity index (χ3n) is 0.787. The minimum atomic E-state index is -4.28. The first-order chi connectivity index (χ1) is 4.95. The molecule has 11 heavy (non-hydrogen) atoms. The van der Waals surface area contributed by atoms with Crippen LogP contribution in [0.4, 0.5) is 13.2 Å². The van der Waals surface area contributed by atoms with Crippen LogP contribution in [0, 0.1) is 0 Å². The maximum Gasteiger partial charge on any atom is 0.408 e. The van der Waals surface area contributed by atoms with E-state index in [9.17, 15) is 13.2 Å². The monoisotopic (exact) mass is 169 g/mol. The zero-order valence-electron chi connectivity index (χ0n) is 6.07. The molecule has 3 N–H and O–H groups in total. The summed E-state index contributed by atoms with van der Waals surface area (Å²) in [4.78, 5) is 3.04. The molecule has 0 rings (SSSR count). The van der Waals surface area contributed by atoms with E-state index < -0.39 is 12.7 Å². The van der Waals surface area contributed by atoms with Crippen molar-refractivity contribution in [1.82, 2.24) is 5.32 Å². The summed E-state index contributed by atoms with van der Waals surface area (Å²) in [5.74, 6) is -0.176.